The fourth-order valence-electron chi connectivity index (χ4n) is 4.76. The third kappa shape index (κ3) is 2.28. The predicted octanol–water partition coefficient (Wildman–Crippen LogP) is 3.26. The van der Waals surface area contributed by atoms with Gasteiger partial charge in [-0.25, -0.2) is 0 Å². The van der Waals surface area contributed by atoms with E-state index in [1.807, 2.05) is 6.07 Å². The van der Waals surface area contributed by atoms with Crippen molar-refractivity contribution in [3.63, 3.8) is 0 Å². The van der Waals surface area contributed by atoms with Gasteiger partial charge in [-0.2, -0.15) is 0 Å². The maximum atomic E-state index is 11.4. The summed E-state index contributed by atoms with van der Waals surface area (Å²) in [4.78, 5) is 2.42. The Kier molecular flexibility index (Phi) is 3.72. The van der Waals surface area contributed by atoms with Crippen LogP contribution in [0, 0.1) is 17.8 Å². The molecule has 1 aliphatic heterocycles. The summed E-state index contributed by atoms with van der Waals surface area (Å²) >= 11 is 0. The molecule has 1 aromatic rings. The number of hydrogen-bond acceptors (Lipinski definition) is 2. The minimum absolute atomic E-state index is 0.304. The Bertz CT molecular complexity index is 608. The van der Waals surface area contributed by atoms with Crippen LogP contribution < -0.4 is 0 Å². The van der Waals surface area contributed by atoms with E-state index in [4.69, 9.17) is 0 Å². The van der Waals surface area contributed by atoms with Crippen LogP contribution in [0.1, 0.15) is 55.6 Å². The molecule has 1 saturated heterocycles. The molecule has 0 amide bonds. The second-order valence-corrected chi connectivity index (χ2v) is 7.14. The molecule has 3 atom stereocenters. The third-order valence-corrected chi connectivity index (χ3v) is 5.85. The van der Waals surface area contributed by atoms with Crippen molar-refractivity contribution in [2.24, 2.45) is 5.92 Å². The molecule has 0 bridgehead atoms. The highest BCUT2D eigenvalue weighted by atomic mass is 16.3. The maximum Gasteiger partial charge on any atom is 0.154 e. The highest BCUT2D eigenvalue weighted by Gasteiger charge is 2.51. The minimum atomic E-state index is -0.909. The molecule has 1 N–H and O–H groups in total. The van der Waals surface area contributed by atoms with E-state index in [9.17, 15) is 5.11 Å². The summed E-state index contributed by atoms with van der Waals surface area (Å²) in [6.07, 6.45) is 7.47. The van der Waals surface area contributed by atoms with Gasteiger partial charge in [0.1, 0.15) is 0 Å². The van der Waals surface area contributed by atoms with E-state index in [2.05, 4.69) is 34.9 Å². The van der Waals surface area contributed by atoms with E-state index >= 15 is 0 Å². The van der Waals surface area contributed by atoms with Crippen LogP contribution in [0.3, 0.4) is 0 Å². The summed E-state index contributed by atoms with van der Waals surface area (Å²) in [7, 11) is 0. The zero-order chi connectivity index (χ0) is 15.0. The Hall–Kier alpha value is -1.30. The van der Waals surface area contributed by atoms with Crippen LogP contribution >= 0.6 is 0 Å². The maximum absolute atomic E-state index is 11.4. The van der Waals surface area contributed by atoms with E-state index in [1.165, 1.54) is 37.7 Å². The molecular weight excluding hydrogens is 270 g/mol. The lowest BCUT2D eigenvalue weighted by atomic mass is 9.85. The first-order valence-electron chi connectivity index (χ1n) is 8.83. The van der Waals surface area contributed by atoms with Crippen molar-refractivity contribution < 1.29 is 5.11 Å². The van der Waals surface area contributed by atoms with Crippen LogP contribution in [0.15, 0.2) is 24.3 Å². The molecule has 4 rings (SSSR count). The fraction of sp³-hybridized carbons (Fsp3) is 0.600. The number of benzene rings is 1. The second-order valence-electron chi connectivity index (χ2n) is 7.14. The summed E-state index contributed by atoms with van der Waals surface area (Å²) in [5, 5.41) is 11.4. The SMILES string of the molecule is O[C@@]1(C#CCN2CCCCC2)c2ccccc2[C@@H]2CCC[C@@H]21. The minimum Gasteiger partial charge on any atom is -0.373 e. The summed E-state index contributed by atoms with van der Waals surface area (Å²) in [6, 6.07) is 8.42. The van der Waals surface area contributed by atoms with Gasteiger partial charge in [-0.15, -0.1) is 0 Å². The molecule has 2 fully saturated rings. The summed E-state index contributed by atoms with van der Waals surface area (Å²) < 4.78 is 0. The zero-order valence-corrected chi connectivity index (χ0v) is 13.2. The number of likely N-dealkylation sites (tertiary alicyclic amines) is 1. The van der Waals surface area contributed by atoms with E-state index < -0.39 is 5.60 Å². The molecule has 2 aliphatic carbocycles. The molecule has 2 nitrogen and oxygen atoms in total. The summed E-state index contributed by atoms with van der Waals surface area (Å²) in [5.41, 5.74) is 1.52. The molecule has 22 heavy (non-hydrogen) atoms. The number of rotatable bonds is 1. The van der Waals surface area contributed by atoms with E-state index in [1.54, 1.807) is 0 Å². The van der Waals surface area contributed by atoms with Gasteiger partial charge in [-0.3, -0.25) is 4.90 Å². The van der Waals surface area contributed by atoms with Gasteiger partial charge in [0, 0.05) is 5.92 Å². The monoisotopic (exact) mass is 295 g/mol. The first-order chi connectivity index (χ1) is 10.8. The Morgan fingerprint density at radius 2 is 1.91 bits per heavy atom. The first kappa shape index (κ1) is 14.3. The molecule has 1 aromatic carbocycles. The van der Waals surface area contributed by atoms with Crippen molar-refractivity contribution in [1.29, 1.82) is 0 Å². The topological polar surface area (TPSA) is 23.5 Å². The lowest BCUT2D eigenvalue weighted by Crippen LogP contribution is -2.32. The van der Waals surface area contributed by atoms with Crippen LogP contribution in [-0.2, 0) is 5.60 Å². The number of hydrogen-bond donors (Lipinski definition) is 1. The van der Waals surface area contributed by atoms with Gasteiger partial charge in [-0.05, 0) is 55.8 Å². The number of aliphatic hydroxyl groups is 1. The van der Waals surface area contributed by atoms with Crippen molar-refractivity contribution in [2.75, 3.05) is 19.6 Å². The van der Waals surface area contributed by atoms with Gasteiger partial charge in [0.25, 0.3) is 0 Å². The molecule has 1 heterocycles. The lowest BCUT2D eigenvalue weighted by Gasteiger charge is -2.26. The summed E-state index contributed by atoms with van der Waals surface area (Å²) in [5.74, 6) is 7.44. The molecular formula is C20H25NO. The van der Waals surface area contributed by atoms with Gasteiger partial charge >= 0.3 is 0 Å². The van der Waals surface area contributed by atoms with E-state index in [-0.39, 0.29) is 0 Å². The first-order valence-corrected chi connectivity index (χ1v) is 8.83. The average Bonchev–Trinajstić information content (AvgIpc) is 3.13. The molecule has 2 heteroatoms. The highest BCUT2D eigenvalue weighted by molar-refractivity contribution is 5.48. The molecule has 116 valence electrons. The Morgan fingerprint density at radius 3 is 2.77 bits per heavy atom. The zero-order valence-electron chi connectivity index (χ0n) is 13.2. The van der Waals surface area contributed by atoms with Crippen LogP contribution in [0.4, 0.5) is 0 Å². The molecule has 3 aliphatic rings. The quantitative estimate of drug-likeness (QED) is 0.804. The molecule has 0 unspecified atom stereocenters. The number of nitrogens with zero attached hydrogens (tertiary/aromatic N) is 1. The van der Waals surface area contributed by atoms with Crippen molar-refractivity contribution in [3.8, 4) is 11.8 Å². The molecule has 0 aromatic heterocycles. The van der Waals surface area contributed by atoms with Crippen molar-refractivity contribution in [3.05, 3.63) is 35.4 Å². The van der Waals surface area contributed by atoms with Crippen LogP contribution in [0.25, 0.3) is 0 Å². The van der Waals surface area contributed by atoms with Crippen LogP contribution in [-0.4, -0.2) is 29.6 Å². The van der Waals surface area contributed by atoms with Gasteiger partial charge in [-0.1, -0.05) is 48.9 Å². The number of piperidine rings is 1. The Balaban J connectivity index is 1.59. The van der Waals surface area contributed by atoms with Crippen LogP contribution in [0.2, 0.25) is 0 Å². The Morgan fingerprint density at radius 1 is 1.09 bits per heavy atom. The lowest BCUT2D eigenvalue weighted by molar-refractivity contribution is 0.0449. The number of fused-ring (bicyclic) bond motifs is 3. The second kappa shape index (κ2) is 5.72. The predicted molar refractivity (Wildman–Crippen MR) is 88.5 cm³/mol. The van der Waals surface area contributed by atoms with Crippen molar-refractivity contribution in [2.45, 2.75) is 50.0 Å². The molecule has 0 radical (unpaired) electrons. The van der Waals surface area contributed by atoms with Gasteiger partial charge in [0.2, 0.25) is 0 Å². The van der Waals surface area contributed by atoms with E-state index in [0.717, 1.165) is 31.6 Å². The van der Waals surface area contributed by atoms with Gasteiger partial charge in [0.15, 0.2) is 5.60 Å². The normalized spacial score (nSPS) is 33.9. The van der Waals surface area contributed by atoms with Crippen molar-refractivity contribution >= 4 is 0 Å². The van der Waals surface area contributed by atoms with Crippen LogP contribution in [0.5, 0.6) is 0 Å². The smallest absolute Gasteiger partial charge is 0.154 e. The van der Waals surface area contributed by atoms with Crippen molar-refractivity contribution in [1.82, 2.24) is 4.90 Å². The molecule has 1 saturated carbocycles. The van der Waals surface area contributed by atoms with E-state index in [0.29, 0.717) is 11.8 Å². The standard InChI is InChI=1S/C20H25NO/c22-20(12-7-15-21-13-4-1-5-14-21)18-10-3-2-8-16(18)17-9-6-11-19(17)20/h2-3,8,10,17,19,22H,1,4-6,9,11,13-15H2/t17-,19-,20-/m0/s1. The molecule has 0 spiro atoms. The summed E-state index contributed by atoms with van der Waals surface area (Å²) in [6.45, 7) is 3.13. The third-order valence-electron chi connectivity index (χ3n) is 5.85. The average molecular weight is 295 g/mol. The fourth-order valence-corrected chi connectivity index (χ4v) is 4.76. The largest absolute Gasteiger partial charge is 0.373 e. The Labute approximate surface area is 133 Å². The van der Waals surface area contributed by atoms with Gasteiger partial charge < -0.3 is 5.11 Å². The van der Waals surface area contributed by atoms with Gasteiger partial charge in [0.05, 0.1) is 6.54 Å². The highest BCUT2D eigenvalue weighted by Crippen LogP contribution is 2.56.